The van der Waals surface area contributed by atoms with Crippen molar-refractivity contribution in [1.82, 2.24) is 14.1 Å². The van der Waals surface area contributed by atoms with Crippen molar-refractivity contribution in [2.24, 2.45) is 0 Å². The molecule has 0 bridgehead atoms. The molecule has 2 heterocycles. The van der Waals surface area contributed by atoms with Gasteiger partial charge >= 0.3 is 5.97 Å². The van der Waals surface area contributed by atoms with Gasteiger partial charge in [-0.1, -0.05) is 30.3 Å². The number of aromatic nitrogens is 3. The maximum absolute atomic E-state index is 12.9. The van der Waals surface area contributed by atoms with E-state index in [1.165, 1.54) is 10.9 Å². The molecule has 0 atom stereocenters. The summed E-state index contributed by atoms with van der Waals surface area (Å²) in [5, 5.41) is 0. The lowest BCUT2D eigenvalue weighted by molar-refractivity contribution is -0.143. The van der Waals surface area contributed by atoms with E-state index in [9.17, 15) is 9.59 Å². The van der Waals surface area contributed by atoms with E-state index >= 15 is 0 Å². The first-order valence-corrected chi connectivity index (χ1v) is 10.2. The summed E-state index contributed by atoms with van der Waals surface area (Å²) in [6, 6.07) is 9.79. The molecule has 3 aromatic rings. The van der Waals surface area contributed by atoms with Gasteiger partial charge in [-0.05, 0) is 41.5 Å². The molecule has 7 nitrogen and oxygen atoms in total. The van der Waals surface area contributed by atoms with Gasteiger partial charge in [0.2, 0.25) is 0 Å². The van der Waals surface area contributed by atoms with Crippen LogP contribution in [0, 0.1) is 3.57 Å². The molecule has 0 radical (unpaired) electrons. The summed E-state index contributed by atoms with van der Waals surface area (Å²) in [7, 11) is 0. The van der Waals surface area contributed by atoms with Crippen LogP contribution in [0.25, 0.3) is 11.0 Å². The van der Waals surface area contributed by atoms with Crippen molar-refractivity contribution >= 4 is 39.6 Å². The number of aryl methyl sites for hydroxylation is 1. The first-order valence-electron chi connectivity index (χ1n) is 9.11. The van der Waals surface area contributed by atoms with Crippen LogP contribution >= 0.6 is 22.6 Å². The van der Waals surface area contributed by atoms with Gasteiger partial charge in [0.25, 0.3) is 5.56 Å². The van der Waals surface area contributed by atoms with Crippen LogP contribution in [0.5, 0.6) is 0 Å². The highest BCUT2D eigenvalue weighted by Gasteiger charge is 2.14. The Kier molecular flexibility index (Phi) is 7.21. The second-order valence-electron chi connectivity index (χ2n) is 6.26. The maximum Gasteiger partial charge on any atom is 0.305 e. The lowest BCUT2D eigenvalue weighted by Gasteiger charge is -2.09. The molecule has 3 rings (SSSR count). The number of carbonyl (C=O) groups is 1. The monoisotopic (exact) mass is 495 g/mol. The van der Waals surface area contributed by atoms with E-state index in [0.717, 1.165) is 9.13 Å². The molecule has 0 aliphatic rings. The fourth-order valence-corrected chi connectivity index (χ4v) is 3.64. The molecule has 28 heavy (non-hydrogen) atoms. The Morgan fingerprint density at radius 3 is 2.75 bits per heavy atom. The normalized spacial score (nSPS) is 11.1. The van der Waals surface area contributed by atoms with Crippen LogP contribution in [0.1, 0.15) is 25.3 Å². The minimum absolute atomic E-state index is 0.126. The molecule has 1 aromatic carbocycles. The summed E-state index contributed by atoms with van der Waals surface area (Å²) in [4.78, 5) is 28.9. The second-order valence-corrected chi connectivity index (χ2v) is 7.42. The van der Waals surface area contributed by atoms with Crippen LogP contribution in [-0.4, -0.2) is 26.7 Å². The zero-order valence-electron chi connectivity index (χ0n) is 15.6. The van der Waals surface area contributed by atoms with Gasteiger partial charge in [-0.25, -0.2) is 4.98 Å². The average molecular weight is 495 g/mol. The van der Waals surface area contributed by atoms with Crippen LogP contribution in [0.15, 0.2) is 47.7 Å². The molecule has 0 saturated carbocycles. The van der Waals surface area contributed by atoms with E-state index in [1.54, 1.807) is 6.92 Å². The summed E-state index contributed by atoms with van der Waals surface area (Å²) < 4.78 is 14.8. The molecular formula is C20H22IN3O4. The van der Waals surface area contributed by atoms with Gasteiger partial charge in [-0.2, -0.15) is 0 Å². The zero-order chi connectivity index (χ0) is 19.9. The lowest BCUT2D eigenvalue weighted by Crippen LogP contribution is -2.23. The van der Waals surface area contributed by atoms with Gasteiger partial charge in [-0.15, -0.1) is 0 Å². The highest BCUT2D eigenvalue weighted by molar-refractivity contribution is 14.1. The Labute approximate surface area is 176 Å². The van der Waals surface area contributed by atoms with Gasteiger partial charge in [0, 0.05) is 19.2 Å². The number of benzene rings is 1. The Hall–Kier alpha value is -2.20. The SMILES string of the molecule is CCOC(=O)CCCn1cc(I)c2ncn(COCc3ccccc3)c(=O)c21. The first kappa shape index (κ1) is 20.5. The van der Waals surface area contributed by atoms with Gasteiger partial charge in [-0.3, -0.25) is 14.2 Å². The summed E-state index contributed by atoms with van der Waals surface area (Å²) in [6.07, 6.45) is 4.32. The number of rotatable bonds is 9. The van der Waals surface area contributed by atoms with E-state index in [0.29, 0.717) is 43.6 Å². The van der Waals surface area contributed by atoms with Crippen LogP contribution in [0.4, 0.5) is 0 Å². The average Bonchev–Trinajstić information content (AvgIpc) is 3.01. The van der Waals surface area contributed by atoms with Gasteiger partial charge in [0.05, 0.1) is 16.8 Å². The summed E-state index contributed by atoms with van der Waals surface area (Å²) in [5.41, 5.74) is 2.08. The summed E-state index contributed by atoms with van der Waals surface area (Å²) in [6.45, 7) is 3.25. The van der Waals surface area contributed by atoms with Crippen molar-refractivity contribution in [1.29, 1.82) is 0 Å². The van der Waals surface area contributed by atoms with E-state index in [1.807, 2.05) is 41.1 Å². The van der Waals surface area contributed by atoms with Crippen LogP contribution in [0.2, 0.25) is 0 Å². The molecule has 8 heteroatoms. The van der Waals surface area contributed by atoms with Crippen molar-refractivity contribution in [2.45, 2.75) is 39.6 Å². The van der Waals surface area contributed by atoms with Crippen molar-refractivity contribution in [3.63, 3.8) is 0 Å². The molecule has 0 unspecified atom stereocenters. The van der Waals surface area contributed by atoms with E-state index < -0.39 is 0 Å². The van der Waals surface area contributed by atoms with Gasteiger partial charge in [0.15, 0.2) is 0 Å². The topological polar surface area (TPSA) is 75.3 Å². The Morgan fingerprint density at radius 2 is 2.00 bits per heavy atom. The Morgan fingerprint density at radius 1 is 1.21 bits per heavy atom. The van der Waals surface area contributed by atoms with Crippen molar-refractivity contribution in [2.75, 3.05) is 6.61 Å². The summed E-state index contributed by atoms with van der Waals surface area (Å²) >= 11 is 2.17. The third kappa shape index (κ3) is 4.99. The molecule has 148 valence electrons. The number of nitrogens with zero attached hydrogens (tertiary/aromatic N) is 3. The predicted molar refractivity (Wildman–Crippen MR) is 114 cm³/mol. The molecule has 0 aliphatic carbocycles. The van der Waals surface area contributed by atoms with E-state index in [4.69, 9.17) is 9.47 Å². The number of hydrogen-bond acceptors (Lipinski definition) is 5. The standard InChI is InChI=1S/C20H22IN3O4/c1-2-28-17(25)9-6-10-23-11-16(21)18-19(23)20(26)24(13-22-18)14-27-12-15-7-4-3-5-8-15/h3-5,7-8,11,13H,2,6,9-10,12,14H2,1H3. The molecule has 0 fully saturated rings. The number of hydrogen-bond donors (Lipinski definition) is 0. The quantitative estimate of drug-likeness (QED) is 0.337. The molecule has 0 N–H and O–H groups in total. The second kappa shape index (κ2) is 9.83. The first-order chi connectivity index (χ1) is 13.6. The minimum atomic E-state index is -0.224. The van der Waals surface area contributed by atoms with Crippen LogP contribution in [-0.2, 0) is 34.2 Å². The van der Waals surface area contributed by atoms with Crippen molar-refractivity contribution < 1.29 is 14.3 Å². The van der Waals surface area contributed by atoms with Gasteiger partial charge in [0.1, 0.15) is 24.1 Å². The molecular weight excluding hydrogens is 473 g/mol. The maximum atomic E-state index is 12.9. The number of esters is 1. The highest BCUT2D eigenvalue weighted by Crippen LogP contribution is 2.18. The molecule has 0 spiro atoms. The number of carbonyl (C=O) groups excluding carboxylic acids is 1. The largest absolute Gasteiger partial charge is 0.466 e. The zero-order valence-corrected chi connectivity index (χ0v) is 17.8. The Balaban J connectivity index is 1.72. The van der Waals surface area contributed by atoms with Crippen molar-refractivity contribution in [3.05, 3.63) is 62.3 Å². The molecule has 0 aliphatic heterocycles. The highest BCUT2D eigenvalue weighted by atomic mass is 127. The van der Waals surface area contributed by atoms with Crippen LogP contribution < -0.4 is 5.56 Å². The predicted octanol–water partition coefficient (Wildman–Crippen LogP) is 3.32. The van der Waals surface area contributed by atoms with E-state index in [2.05, 4.69) is 27.6 Å². The number of fused-ring (bicyclic) bond motifs is 1. The number of ether oxygens (including phenoxy) is 2. The molecule has 2 aromatic heterocycles. The smallest absolute Gasteiger partial charge is 0.305 e. The third-order valence-electron chi connectivity index (χ3n) is 4.22. The van der Waals surface area contributed by atoms with E-state index in [-0.39, 0.29) is 18.3 Å². The summed E-state index contributed by atoms with van der Waals surface area (Å²) in [5.74, 6) is -0.224. The lowest BCUT2D eigenvalue weighted by atomic mass is 10.2. The fraction of sp³-hybridized carbons (Fsp3) is 0.350. The molecule has 0 saturated heterocycles. The van der Waals surface area contributed by atoms with Crippen molar-refractivity contribution in [3.8, 4) is 0 Å². The van der Waals surface area contributed by atoms with Gasteiger partial charge < -0.3 is 14.0 Å². The van der Waals surface area contributed by atoms with Crippen LogP contribution in [0.3, 0.4) is 0 Å². The Bertz CT molecular complexity index is 998. The fourth-order valence-electron chi connectivity index (χ4n) is 2.91. The third-order valence-corrected chi connectivity index (χ3v) is 5.01. The number of halogens is 1. The molecule has 0 amide bonds. The minimum Gasteiger partial charge on any atom is -0.466 e.